The Morgan fingerprint density at radius 3 is 2.00 bits per heavy atom. The number of hydrogen-bond donors (Lipinski definition) is 0. The Kier molecular flexibility index (Phi) is 8.19. The fourth-order valence-corrected chi connectivity index (χ4v) is 8.76. The third kappa shape index (κ3) is 5.49. The van der Waals surface area contributed by atoms with E-state index >= 15 is 0 Å². The maximum Gasteiger partial charge on any atom is 0.204 e. The fourth-order valence-electron chi connectivity index (χ4n) is 5.28. The molecule has 1 aromatic rings. The van der Waals surface area contributed by atoms with E-state index in [0.29, 0.717) is 19.1 Å². The second-order valence-electron chi connectivity index (χ2n) is 8.78. The highest BCUT2D eigenvalue weighted by molar-refractivity contribution is 6.58. The molecule has 2 nitrogen and oxygen atoms in total. The van der Waals surface area contributed by atoms with Crippen LogP contribution >= 0.6 is 0 Å². The van der Waals surface area contributed by atoms with Crippen LogP contribution in [-0.4, -0.2) is 22.0 Å². The molecule has 2 fully saturated rings. The number of ether oxygens (including phenoxy) is 2. The zero-order valence-electron chi connectivity index (χ0n) is 17.5. The molecule has 1 aliphatic heterocycles. The monoisotopic (exact) mass is 410 g/mol. The Labute approximate surface area is 170 Å². The van der Waals surface area contributed by atoms with Crippen LogP contribution in [0.3, 0.4) is 0 Å². The van der Waals surface area contributed by atoms with Crippen molar-refractivity contribution in [3.8, 4) is 11.5 Å². The molecule has 5 heteroatoms. The van der Waals surface area contributed by atoms with Gasteiger partial charge in [-0.2, -0.15) is 8.78 Å². The number of rotatable bonds is 8. The van der Waals surface area contributed by atoms with E-state index in [1.54, 1.807) is 25.1 Å². The van der Waals surface area contributed by atoms with Gasteiger partial charge >= 0.3 is 0 Å². The summed E-state index contributed by atoms with van der Waals surface area (Å²) in [5.41, 5.74) is 0. The highest BCUT2D eigenvalue weighted by Crippen LogP contribution is 2.41. The molecule has 158 valence electrons. The smallest absolute Gasteiger partial charge is 0.204 e. The summed E-state index contributed by atoms with van der Waals surface area (Å²) in [5.74, 6) is 0.341. The van der Waals surface area contributed by atoms with Gasteiger partial charge in [0, 0.05) is 8.80 Å². The topological polar surface area (TPSA) is 18.5 Å². The second-order valence-corrected chi connectivity index (χ2v) is 12.2. The molecule has 1 saturated heterocycles. The second kappa shape index (κ2) is 10.6. The van der Waals surface area contributed by atoms with Crippen LogP contribution in [0, 0.1) is 29.4 Å². The summed E-state index contributed by atoms with van der Waals surface area (Å²) in [6.45, 7) is 4.86. The van der Waals surface area contributed by atoms with Crippen LogP contribution in [0.15, 0.2) is 12.1 Å². The third-order valence-electron chi connectivity index (χ3n) is 6.93. The zero-order chi connectivity index (χ0) is 19.9. The van der Waals surface area contributed by atoms with E-state index in [0.717, 1.165) is 24.7 Å². The minimum atomic E-state index is -0.953. The Hall–Kier alpha value is -1.10. The molecular weight excluding hydrogens is 374 g/mol. The van der Waals surface area contributed by atoms with Crippen molar-refractivity contribution >= 4 is 8.80 Å². The Bertz CT molecular complexity index is 609. The van der Waals surface area contributed by atoms with Crippen molar-refractivity contribution in [1.29, 1.82) is 0 Å². The summed E-state index contributed by atoms with van der Waals surface area (Å²) in [6.07, 6.45) is 9.18. The predicted octanol–water partition coefficient (Wildman–Crippen LogP) is 6.60. The Balaban J connectivity index is 1.42. The molecule has 0 radical (unpaired) electrons. The minimum Gasteiger partial charge on any atom is -0.491 e. The molecule has 1 aromatic carbocycles. The Morgan fingerprint density at radius 1 is 0.857 bits per heavy atom. The van der Waals surface area contributed by atoms with E-state index in [-0.39, 0.29) is 11.5 Å². The van der Waals surface area contributed by atoms with Crippen LogP contribution in [0.5, 0.6) is 11.5 Å². The summed E-state index contributed by atoms with van der Waals surface area (Å²) in [6, 6.07) is 7.59. The lowest BCUT2D eigenvalue weighted by Gasteiger charge is -2.37. The van der Waals surface area contributed by atoms with Gasteiger partial charge in [0.05, 0.1) is 13.2 Å². The van der Waals surface area contributed by atoms with Crippen LogP contribution in [0.4, 0.5) is 8.78 Å². The molecule has 0 amide bonds. The molecule has 1 aliphatic carbocycles. The van der Waals surface area contributed by atoms with Crippen molar-refractivity contribution in [2.45, 2.75) is 76.9 Å². The van der Waals surface area contributed by atoms with E-state index < -0.39 is 20.4 Å². The average molecular weight is 411 g/mol. The Morgan fingerprint density at radius 2 is 1.43 bits per heavy atom. The zero-order valence-corrected chi connectivity index (χ0v) is 18.7. The normalized spacial score (nSPS) is 28.1. The van der Waals surface area contributed by atoms with Gasteiger partial charge in [0.2, 0.25) is 11.6 Å². The first kappa shape index (κ1) is 21.6. The number of halogens is 2. The summed E-state index contributed by atoms with van der Waals surface area (Å²) in [7, 11) is -0.390. The molecule has 0 aromatic heterocycles. The average Bonchev–Trinajstić information content (AvgIpc) is 2.72. The first-order chi connectivity index (χ1) is 13.6. The summed E-state index contributed by atoms with van der Waals surface area (Å²) >= 11 is 0. The maximum absolute atomic E-state index is 14.2. The molecule has 28 heavy (non-hydrogen) atoms. The molecule has 3 rings (SSSR count). The van der Waals surface area contributed by atoms with Crippen molar-refractivity contribution < 1.29 is 18.3 Å². The summed E-state index contributed by atoms with van der Waals surface area (Å²) in [4.78, 5) is 0. The molecule has 0 atom stereocenters. The van der Waals surface area contributed by atoms with Crippen LogP contribution in [0.2, 0.25) is 18.1 Å². The van der Waals surface area contributed by atoms with Gasteiger partial charge in [-0.1, -0.05) is 44.3 Å². The molecule has 2 aliphatic rings. The standard InChI is InChI=1S/C23H36F2O2Si/c1-3-13-28-14-11-19(12-15-28)18-7-5-17(6-8-18)16-27-21-10-9-20(26-4-2)22(24)23(21)25/h9-10,17-19,28H,3-8,11-16H2,1-2H3/t17-,18-,19?,28?. The maximum atomic E-state index is 14.2. The molecular formula is C23H36F2O2Si. The number of benzene rings is 1. The predicted molar refractivity (Wildman–Crippen MR) is 113 cm³/mol. The quantitative estimate of drug-likeness (QED) is 0.450. The van der Waals surface area contributed by atoms with Crippen LogP contribution in [0.25, 0.3) is 0 Å². The van der Waals surface area contributed by atoms with Crippen molar-refractivity contribution in [3.05, 3.63) is 23.8 Å². The largest absolute Gasteiger partial charge is 0.491 e. The fraction of sp³-hybridized carbons (Fsp3) is 0.739. The van der Waals surface area contributed by atoms with Crippen molar-refractivity contribution in [2.24, 2.45) is 17.8 Å². The van der Waals surface area contributed by atoms with E-state index in [9.17, 15) is 8.78 Å². The molecule has 0 spiro atoms. The third-order valence-corrected chi connectivity index (χ3v) is 10.6. The first-order valence-corrected chi connectivity index (χ1v) is 13.8. The first-order valence-electron chi connectivity index (χ1n) is 11.4. The molecule has 0 unspecified atom stereocenters. The van der Waals surface area contributed by atoms with Gasteiger partial charge in [0.15, 0.2) is 11.5 Å². The van der Waals surface area contributed by atoms with Crippen LogP contribution in [-0.2, 0) is 0 Å². The lowest BCUT2D eigenvalue weighted by atomic mass is 9.74. The molecule has 0 bridgehead atoms. The van der Waals surface area contributed by atoms with Gasteiger partial charge in [-0.25, -0.2) is 0 Å². The van der Waals surface area contributed by atoms with Gasteiger partial charge in [0.25, 0.3) is 0 Å². The van der Waals surface area contributed by atoms with Gasteiger partial charge in [0.1, 0.15) is 0 Å². The highest BCUT2D eigenvalue weighted by atomic mass is 28.3. The van der Waals surface area contributed by atoms with Gasteiger partial charge in [-0.05, 0) is 62.5 Å². The van der Waals surface area contributed by atoms with E-state index in [1.165, 1.54) is 44.2 Å². The van der Waals surface area contributed by atoms with Gasteiger partial charge in [-0.15, -0.1) is 0 Å². The lowest BCUT2D eigenvalue weighted by Crippen LogP contribution is -2.29. The highest BCUT2D eigenvalue weighted by Gasteiger charge is 2.31. The van der Waals surface area contributed by atoms with Gasteiger partial charge < -0.3 is 9.47 Å². The lowest BCUT2D eigenvalue weighted by molar-refractivity contribution is 0.145. The van der Waals surface area contributed by atoms with Crippen molar-refractivity contribution in [2.75, 3.05) is 13.2 Å². The minimum absolute atomic E-state index is 0.00211. The van der Waals surface area contributed by atoms with Crippen molar-refractivity contribution in [1.82, 2.24) is 0 Å². The van der Waals surface area contributed by atoms with E-state index in [1.807, 2.05) is 0 Å². The van der Waals surface area contributed by atoms with Crippen molar-refractivity contribution in [3.63, 3.8) is 0 Å². The van der Waals surface area contributed by atoms with E-state index in [4.69, 9.17) is 9.47 Å². The molecule has 0 N–H and O–H groups in total. The number of hydrogen-bond acceptors (Lipinski definition) is 2. The van der Waals surface area contributed by atoms with Crippen LogP contribution in [0.1, 0.15) is 58.8 Å². The molecule has 1 saturated carbocycles. The molecule has 1 heterocycles. The summed E-state index contributed by atoms with van der Waals surface area (Å²) in [5, 5.41) is 0. The van der Waals surface area contributed by atoms with Gasteiger partial charge in [-0.3, -0.25) is 0 Å². The van der Waals surface area contributed by atoms with E-state index in [2.05, 4.69) is 6.92 Å². The van der Waals surface area contributed by atoms with Crippen LogP contribution < -0.4 is 9.47 Å². The SMILES string of the molecule is CCC[SiH]1CCC([C@H]2CC[C@H](COc3ccc(OCC)c(F)c3F)CC2)CC1. The summed E-state index contributed by atoms with van der Waals surface area (Å²) < 4.78 is 38.9.